The molecule has 0 radical (unpaired) electrons. The van der Waals surface area contributed by atoms with Crippen molar-refractivity contribution in [1.29, 1.82) is 0 Å². The van der Waals surface area contributed by atoms with Gasteiger partial charge in [-0.15, -0.1) is 0 Å². The molecule has 1 fully saturated rings. The number of halogens is 1. The fourth-order valence-corrected chi connectivity index (χ4v) is 2.10. The van der Waals surface area contributed by atoms with E-state index in [0.29, 0.717) is 18.8 Å². The minimum Gasteiger partial charge on any atom is -0.374 e. The molecule has 2 rings (SSSR count). The van der Waals surface area contributed by atoms with Crippen LogP contribution in [0.1, 0.15) is 5.56 Å². The highest BCUT2D eigenvalue weighted by atomic mass is 127. The van der Waals surface area contributed by atoms with Gasteiger partial charge >= 0.3 is 0 Å². The Morgan fingerprint density at radius 3 is 2.64 bits per heavy atom. The van der Waals surface area contributed by atoms with Gasteiger partial charge in [0.1, 0.15) is 6.10 Å². The molecule has 3 heteroatoms. The highest BCUT2D eigenvalue weighted by Crippen LogP contribution is 2.24. The quantitative estimate of drug-likeness (QED) is 0.473. The smallest absolute Gasteiger partial charge is 0.108 e. The van der Waals surface area contributed by atoms with Gasteiger partial charge in [-0.1, -0.05) is 52.9 Å². The third-order valence-electron chi connectivity index (χ3n) is 2.23. The molecule has 0 unspecified atom stereocenters. The largest absolute Gasteiger partial charge is 0.374 e. The van der Waals surface area contributed by atoms with E-state index in [0.717, 1.165) is 11.0 Å². The van der Waals surface area contributed by atoms with Crippen molar-refractivity contribution in [3.63, 3.8) is 0 Å². The lowest BCUT2D eigenvalue weighted by Crippen LogP contribution is -2.05. The topological polar surface area (TPSA) is 21.8 Å². The van der Waals surface area contributed by atoms with E-state index in [2.05, 4.69) is 34.7 Å². The van der Waals surface area contributed by atoms with Crippen molar-refractivity contribution in [3.8, 4) is 0 Å². The third-order valence-corrected chi connectivity index (χ3v) is 3.10. The molecule has 0 saturated carbocycles. The van der Waals surface area contributed by atoms with Crippen LogP contribution in [-0.2, 0) is 16.1 Å². The van der Waals surface area contributed by atoms with Crippen LogP contribution in [0, 0.1) is 0 Å². The van der Waals surface area contributed by atoms with E-state index < -0.39 is 0 Å². The third kappa shape index (κ3) is 2.93. The number of epoxide rings is 1. The zero-order valence-corrected chi connectivity index (χ0v) is 10.0. The maximum atomic E-state index is 5.55. The molecule has 1 aromatic rings. The number of rotatable bonds is 5. The van der Waals surface area contributed by atoms with Crippen LogP contribution in [0.5, 0.6) is 0 Å². The van der Waals surface area contributed by atoms with Crippen molar-refractivity contribution < 1.29 is 9.47 Å². The summed E-state index contributed by atoms with van der Waals surface area (Å²) in [5.74, 6) is 0. The van der Waals surface area contributed by atoms with Crippen LogP contribution in [0.4, 0.5) is 0 Å². The van der Waals surface area contributed by atoms with E-state index in [4.69, 9.17) is 9.47 Å². The van der Waals surface area contributed by atoms with Gasteiger partial charge in [-0.2, -0.15) is 0 Å². The van der Waals surface area contributed by atoms with E-state index >= 15 is 0 Å². The Balaban J connectivity index is 1.64. The predicted molar refractivity (Wildman–Crippen MR) is 63.6 cm³/mol. The van der Waals surface area contributed by atoms with Crippen molar-refractivity contribution >= 4 is 22.6 Å². The van der Waals surface area contributed by atoms with E-state index in [1.165, 1.54) is 5.56 Å². The van der Waals surface area contributed by atoms with Crippen molar-refractivity contribution in [1.82, 2.24) is 0 Å². The monoisotopic (exact) mass is 304 g/mol. The first-order valence-corrected chi connectivity index (χ1v) is 6.26. The molecular formula is C11H13IO2. The molecule has 0 amide bonds. The van der Waals surface area contributed by atoms with Crippen LogP contribution < -0.4 is 0 Å². The lowest BCUT2D eigenvalue weighted by atomic mass is 10.2. The fraction of sp³-hybridized carbons (Fsp3) is 0.455. The number of alkyl halides is 1. The Labute approximate surface area is 97.7 Å². The Bertz CT molecular complexity index is 276. The average Bonchev–Trinajstić information content (AvgIpc) is 2.98. The first-order chi connectivity index (χ1) is 6.90. The van der Waals surface area contributed by atoms with E-state index in [1.54, 1.807) is 0 Å². The molecule has 1 heterocycles. The van der Waals surface area contributed by atoms with Crippen LogP contribution in [0.25, 0.3) is 0 Å². The zero-order chi connectivity index (χ0) is 9.80. The summed E-state index contributed by atoms with van der Waals surface area (Å²) in [6.45, 7) is 1.41. The van der Waals surface area contributed by atoms with Gasteiger partial charge in [0.15, 0.2) is 0 Å². The number of ether oxygens (including phenoxy) is 2. The van der Waals surface area contributed by atoms with Gasteiger partial charge in [0.2, 0.25) is 0 Å². The summed E-state index contributed by atoms with van der Waals surface area (Å²) in [7, 11) is 0. The van der Waals surface area contributed by atoms with Crippen molar-refractivity contribution in [2.24, 2.45) is 0 Å². The standard InChI is InChI=1S/C11H13IO2/c12-6-10-11(14-10)8-13-7-9-4-2-1-3-5-9/h1-5,10-11H,6-8H2/t10-,11+/m0/s1. The SMILES string of the molecule is IC[C@@H]1O[C@@H]1COCc1ccccc1. The highest BCUT2D eigenvalue weighted by molar-refractivity contribution is 14.1. The van der Waals surface area contributed by atoms with Gasteiger partial charge < -0.3 is 9.47 Å². The summed E-state index contributed by atoms with van der Waals surface area (Å²) in [6.07, 6.45) is 0.780. The second-order valence-corrected chi connectivity index (χ2v) is 4.25. The van der Waals surface area contributed by atoms with Crippen LogP contribution in [0.3, 0.4) is 0 Å². The Hall–Kier alpha value is -0.130. The Morgan fingerprint density at radius 2 is 2.00 bits per heavy atom. The molecule has 0 aromatic heterocycles. The average molecular weight is 304 g/mol. The Kier molecular flexibility index (Phi) is 3.78. The number of benzene rings is 1. The molecule has 76 valence electrons. The molecule has 2 atom stereocenters. The molecule has 0 N–H and O–H groups in total. The minimum absolute atomic E-state index is 0.343. The predicted octanol–water partition coefficient (Wildman–Crippen LogP) is 2.41. The molecule has 1 saturated heterocycles. The van der Waals surface area contributed by atoms with Gasteiger partial charge in [0.25, 0.3) is 0 Å². The first kappa shape index (κ1) is 10.4. The molecule has 0 bridgehead atoms. The van der Waals surface area contributed by atoms with E-state index in [-0.39, 0.29) is 0 Å². The van der Waals surface area contributed by atoms with E-state index in [9.17, 15) is 0 Å². The van der Waals surface area contributed by atoms with Crippen LogP contribution in [0.15, 0.2) is 30.3 Å². The van der Waals surface area contributed by atoms with Gasteiger partial charge in [-0.05, 0) is 5.56 Å². The summed E-state index contributed by atoms with van der Waals surface area (Å²) in [4.78, 5) is 0. The fourth-order valence-electron chi connectivity index (χ4n) is 1.33. The van der Waals surface area contributed by atoms with Crippen LogP contribution in [-0.4, -0.2) is 23.2 Å². The molecule has 1 aliphatic rings. The second-order valence-electron chi connectivity index (χ2n) is 3.37. The maximum Gasteiger partial charge on any atom is 0.108 e. The summed E-state index contributed by atoms with van der Waals surface area (Å²) in [5, 5.41) is 0. The normalized spacial score (nSPS) is 24.9. The lowest BCUT2D eigenvalue weighted by molar-refractivity contribution is 0.104. The maximum absolute atomic E-state index is 5.55. The van der Waals surface area contributed by atoms with Crippen molar-refractivity contribution in [3.05, 3.63) is 35.9 Å². The number of hydrogen-bond acceptors (Lipinski definition) is 2. The molecule has 2 nitrogen and oxygen atoms in total. The molecule has 1 aliphatic heterocycles. The summed E-state index contributed by atoms with van der Waals surface area (Å²) in [5.41, 5.74) is 1.22. The summed E-state index contributed by atoms with van der Waals surface area (Å²) < 4.78 is 12.0. The van der Waals surface area contributed by atoms with Crippen LogP contribution >= 0.6 is 22.6 Å². The minimum atomic E-state index is 0.343. The lowest BCUT2D eigenvalue weighted by Gasteiger charge is -2.01. The molecular weight excluding hydrogens is 291 g/mol. The summed E-state index contributed by atoms with van der Waals surface area (Å²) in [6, 6.07) is 10.2. The van der Waals surface area contributed by atoms with Gasteiger partial charge in [0, 0.05) is 4.43 Å². The summed E-state index contributed by atoms with van der Waals surface area (Å²) >= 11 is 2.34. The first-order valence-electron chi connectivity index (χ1n) is 4.73. The molecule has 1 aromatic carbocycles. The molecule has 0 spiro atoms. The molecule has 14 heavy (non-hydrogen) atoms. The highest BCUT2D eigenvalue weighted by Gasteiger charge is 2.37. The van der Waals surface area contributed by atoms with Crippen molar-refractivity contribution in [2.75, 3.05) is 11.0 Å². The zero-order valence-electron chi connectivity index (χ0n) is 7.86. The number of hydrogen-bond donors (Lipinski definition) is 0. The second kappa shape index (κ2) is 5.09. The van der Waals surface area contributed by atoms with Gasteiger partial charge in [-0.25, -0.2) is 0 Å². The van der Waals surface area contributed by atoms with Crippen LogP contribution in [0.2, 0.25) is 0 Å². The van der Waals surface area contributed by atoms with Gasteiger partial charge in [-0.3, -0.25) is 0 Å². The van der Waals surface area contributed by atoms with Crippen molar-refractivity contribution in [2.45, 2.75) is 18.8 Å². The van der Waals surface area contributed by atoms with Gasteiger partial charge in [0.05, 0.1) is 19.3 Å². The Morgan fingerprint density at radius 1 is 1.21 bits per heavy atom. The molecule has 0 aliphatic carbocycles. The van der Waals surface area contributed by atoms with E-state index in [1.807, 2.05) is 18.2 Å².